The lowest BCUT2D eigenvalue weighted by atomic mass is 10.1. The zero-order valence-electron chi connectivity index (χ0n) is 15.7. The molecule has 146 valence electrons. The summed E-state index contributed by atoms with van der Waals surface area (Å²) in [5.41, 5.74) is 3.26. The van der Waals surface area contributed by atoms with Crippen LogP contribution in [0.5, 0.6) is 0 Å². The first-order chi connectivity index (χ1) is 13.3. The average Bonchev–Trinajstić information content (AvgIpc) is 3.04. The molecule has 0 saturated carbocycles. The number of benzene rings is 2. The number of nitrogens with one attached hydrogen (secondary N) is 1. The van der Waals surface area contributed by atoms with Gasteiger partial charge in [-0.3, -0.25) is 14.4 Å². The number of halogens is 1. The summed E-state index contributed by atoms with van der Waals surface area (Å²) in [6.45, 7) is 3.62. The van der Waals surface area contributed by atoms with E-state index in [0.29, 0.717) is 16.4 Å². The smallest absolute Gasteiger partial charge is 0.311 e. The van der Waals surface area contributed by atoms with E-state index >= 15 is 0 Å². The van der Waals surface area contributed by atoms with Gasteiger partial charge in [0.25, 0.3) is 5.91 Å². The summed E-state index contributed by atoms with van der Waals surface area (Å²) in [7, 11) is 0. The highest BCUT2D eigenvalue weighted by molar-refractivity contribution is 6.31. The highest BCUT2D eigenvalue weighted by Gasteiger charge is 2.36. The van der Waals surface area contributed by atoms with E-state index in [1.54, 1.807) is 24.3 Å². The molecule has 1 atom stereocenters. The molecular weight excluding hydrogens is 380 g/mol. The number of anilines is 2. The standard InChI is InChI=1S/C21H21ClN2O4/c1-13-6-7-14(2)18(8-13)23-19(25)12-28-21(27)15-9-20(26)24(11-15)17-5-3-4-16(22)10-17/h3-8,10,15H,9,11-12H2,1-2H3,(H,23,25). The van der Waals surface area contributed by atoms with Crippen molar-refractivity contribution in [3.05, 3.63) is 58.6 Å². The van der Waals surface area contributed by atoms with Crippen LogP contribution in [0.1, 0.15) is 17.5 Å². The fraction of sp³-hybridized carbons (Fsp3) is 0.286. The second kappa shape index (κ2) is 8.44. The van der Waals surface area contributed by atoms with Gasteiger partial charge in [0, 0.05) is 29.4 Å². The maximum Gasteiger partial charge on any atom is 0.311 e. The van der Waals surface area contributed by atoms with Crippen LogP contribution >= 0.6 is 11.6 Å². The van der Waals surface area contributed by atoms with Gasteiger partial charge in [-0.25, -0.2) is 0 Å². The van der Waals surface area contributed by atoms with E-state index in [0.717, 1.165) is 11.1 Å². The van der Waals surface area contributed by atoms with E-state index in [4.69, 9.17) is 16.3 Å². The minimum Gasteiger partial charge on any atom is -0.455 e. The summed E-state index contributed by atoms with van der Waals surface area (Å²) in [6, 6.07) is 12.6. The molecule has 1 fully saturated rings. The Balaban J connectivity index is 1.54. The number of rotatable bonds is 5. The molecule has 1 heterocycles. The Kier molecular flexibility index (Phi) is 5.99. The fourth-order valence-corrected chi connectivity index (χ4v) is 3.25. The van der Waals surface area contributed by atoms with Gasteiger partial charge in [0.05, 0.1) is 5.92 Å². The Morgan fingerprint density at radius 1 is 1.21 bits per heavy atom. The molecular formula is C21H21ClN2O4. The molecule has 1 N–H and O–H groups in total. The van der Waals surface area contributed by atoms with E-state index in [-0.39, 0.29) is 18.9 Å². The number of esters is 1. The van der Waals surface area contributed by atoms with Gasteiger partial charge in [0.15, 0.2) is 6.61 Å². The monoisotopic (exact) mass is 400 g/mol. The number of carbonyl (C=O) groups excluding carboxylic acids is 3. The molecule has 1 saturated heterocycles. The molecule has 0 radical (unpaired) electrons. The van der Waals surface area contributed by atoms with Crippen LogP contribution in [0, 0.1) is 19.8 Å². The van der Waals surface area contributed by atoms with Crippen LogP contribution in [0.25, 0.3) is 0 Å². The zero-order chi connectivity index (χ0) is 20.3. The van der Waals surface area contributed by atoms with E-state index in [1.807, 2.05) is 32.0 Å². The molecule has 28 heavy (non-hydrogen) atoms. The van der Waals surface area contributed by atoms with Crippen molar-refractivity contribution < 1.29 is 19.1 Å². The van der Waals surface area contributed by atoms with Gasteiger partial charge in [-0.2, -0.15) is 0 Å². The van der Waals surface area contributed by atoms with E-state index < -0.39 is 24.4 Å². The lowest BCUT2D eigenvalue weighted by Crippen LogP contribution is -2.28. The van der Waals surface area contributed by atoms with E-state index in [1.165, 1.54) is 4.90 Å². The predicted molar refractivity (Wildman–Crippen MR) is 107 cm³/mol. The van der Waals surface area contributed by atoms with Crippen molar-refractivity contribution in [2.75, 3.05) is 23.4 Å². The summed E-state index contributed by atoms with van der Waals surface area (Å²) in [5, 5.41) is 3.25. The Morgan fingerprint density at radius 2 is 2.00 bits per heavy atom. The van der Waals surface area contributed by atoms with Crippen molar-refractivity contribution in [3.8, 4) is 0 Å². The van der Waals surface area contributed by atoms with Crippen LogP contribution in [0.2, 0.25) is 5.02 Å². The van der Waals surface area contributed by atoms with Crippen molar-refractivity contribution in [2.24, 2.45) is 5.92 Å². The molecule has 7 heteroatoms. The number of ether oxygens (including phenoxy) is 1. The van der Waals surface area contributed by atoms with Crippen LogP contribution in [0.3, 0.4) is 0 Å². The second-order valence-electron chi connectivity index (χ2n) is 6.86. The van der Waals surface area contributed by atoms with E-state index in [9.17, 15) is 14.4 Å². The number of hydrogen-bond donors (Lipinski definition) is 1. The van der Waals surface area contributed by atoms with Crippen LogP contribution in [0.15, 0.2) is 42.5 Å². The highest BCUT2D eigenvalue weighted by atomic mass is 35.5. The molecule has 3 rings (SSSR count). The Labute approximate surface area is 168 Å². The van der Waals surface area contributed by atoms with Crippen LogP contribution in [-0.2, 0) is 19.1 Å². The largest absolute Gasteiger partial charge is 0.455 e. The minimum atomic E-state index is -0.611. The molecule has 2 amide bonds. The van der Waals surface area contributed by atoms with Gasteiger partial charge in [0.1, 0.15) is 0 Å². The topological polar surface area (TPSA) is 75.7 Å². The van der Waals surface area contributed by atoms with Crippen molar-refractivity contribution >= 4 is 40.8 Å². The average molecular weight is 401 g/mol. The van der Waals surface area contributed by atoms with Gasteiger partial charge in [0.2, 0.25) is 5.91 Å². The fourth-order valence-electron chi connectivity index (χ4n) is 3.07. The Hall–Kier alpha value is -2.86. The third-order valence-electron chi connectivity index (χ3n) is 4.59. The van der Waals surface area contributed by atoms with Gasteiger partial charge in [-0.1, -0.05) is 29.8 Å². The molecule has 0 bridgehead atoms. The van der Waals surface area contributed by atoms with Crippen molar-refractivity contribution in [1.29, 1.82) is 0 Å². The zero-order valence-corrected chi connectivity index (χ0v) is 16.5. The highest BCUT2D eigenvalue weighted by Crippen LogP contribution is 2.27. The number of nitrogens with zero attached hydrogens (tertiary/aromatic N) is 1. The lowest BCUT2D eigenvalue weighted by molar-refractivity contribution is -0.151. The molecule has 0 aromatic heterocycles. The van der Waals surface area contributed by atoms with Gasteiger partial charge in [-0.15, -0.1) is 0 Å². The molecule has 2 aromatic carbocycles. The van der Waals surface area contributed by atoms with E-state index in [2.05, 4.69) is 5.32 Å². The number of carbonyl (C=O) groups is 3. The first kappa shape index (κ1) is 19.9. The van der Waals surface area contributed by atoms with Gasteiger partial charge < -0.3 is 15.0 Å². The minimum absolute atomic E-state index is 0.0456. The van der Waals surface area contributed by atoms with Gasteiger partial charge >= 0.3 is 5.97 Å². The van der Waals surface area contributed by atoms with Crippen LogP contribution in [-0.4, -0.2) is 30.9 Å². The second-order valence-corrected chi connectivity index (χ2v) is 7.30. The normalized spacial score (nSPS) is 16.2. The quantitative estimate of drug-likeness (QED) is 0.779. The predicted octanol–water partition coefficient (Wildman–Crippen LogP) is 3.49. The Morgan fingerprint density at radius 3 is 2.75 bits per heavy atom. The summed E-state index contributed by atoms with van der Waals surface area (Å²) >= 11 is 5.97. The van der Waals surface area contributed by atoms with Crippen LogP contribution < -0.4 is 10.2 Å². The molecule has 1 unspecified atom stereocenters. The molecule has 0 spiro atoms. The maximum absolute atomic E-state index is 12.3. The number of amides is 2. The van der Waals surface area contributed by atoms with Crippen LogP contribution in [0.4, 0.5) is 11.4 Å². The third-order valence-corrected chi connectivity index (χ3v) is 4.83. The molecule has 6 nitrogen and oxygen atoms in total. The van der Waals surface area contributed by atoms with Crippen molar-refractivity contribution in [3.63, 3.8) is 0 Å². The van der Waals surface area contributed by atoms with Gasteiger partial charge in [-0.05, 0) is 49.2 Å². The Bertz CT molecular complexity index is 928. The molecule has 1 aliphatic rings. The first-order valence-corrected chi connectivity index (χ1v) is 9.31. The summed E-state index contributed by atoms with van der Waals surface area (Å²) in [6.07, 6.45) is 0.0456. The SMILES string of the molecule is Cc1ccc(C)c(NC(=O)COC(=O)C2CC(=O)N(c3cccc(Cl)c3)C2)c1. The lowest BCUT2D eigenvalue weighted by Gasteiger charge is -2.16. The number of hydrogen-bond acceptors (Lipinski definition) is 4. The third kappa shape index (κ3) is 4.70. The molecule has 1 aliphatic heterocycles. The summed E-state index contributed by atoms with van der Waals surface area (Å²) in [5.74, 6) is -1.77. The maximum atomic E-state index is 12.3. The molecule has 0 aliphatic carbocycles. The van der Waals surface area contributed by atoms with Crippen molar-refractivity contribution in [2.45, 2.75) is 20.3 Å². The summed E-state index contributed by atoms with van der Waals surface area (Å²) in [4.78, 5) is 38.2. The molecule has 2 aromatic rings. The van der Waals surface area contributed by atoms with Crippen molar-refractivity contribution in [1.82, 2.24) is 0 Å². The summed E-state index contributed by atoms with van der Waals surface area (Å²) < 4.78 is 5.13. The number of aryl methyl sites for hydroxylation is 2. The first-order valence-electron chi connectivity index (χ1n) is 8.93.